The van der Waals surface area contributed by atoms with Gasteiger partial charge in [0.2, 0.25) is 5.90 Å². The number of hydrogen-bond donors (Lipinski definition) is 2. The van der Waals surface area contributed by atoms with Crippen LogP contribution in [0.3, 0.4) is 0 Å². The largest absolute Gasteiger partial charge is 0.488 e. The van der Waals surface area contributed by atoms with Crippen molar-refractivity contribution in [2.24, 2.45) is 4.99 Å². The Labute approximate surface area is 198 Å². The summed E-state index contributed by atoms with van der Waals surface area (Å²) in [5.41, 5.74) is 2.35. The highest BCUT2D eigenvalue weighted by Gasteiger charge is 2.25. The maximum atomic E-state index is 11.7. The molecule has 0 spiro atoms. The summed E-state index contributed by atoms with van der Waals surface area (Å²) in [6.45, 7) is 5.60. The van der Waals surface area contributed by atoms with Crippen molar-refractivity contribution in [3.63, 3.8) is 0 Å². The Morgan fingerprint density at radius 3 is 2.44 bits per heavy atom. The monoisotopic (exact) mass is 485 g/mol. The van der Waals surface area contributed by atoms with Crippen LogP contribution in [0.25, 0.3) is 11.3 Å². The quantitative estimate of drug-likeness (QED) is 0.500. The standard InChI is InChI=1S/C24H27N3O6S/c1-14(13-28)31-19-9-17(21-6-7-22(27-21)24-26-15(2)16(3)32-24)10-20(11-19)33-18-5-8-23(25-12-18)34(4,29)30/h5-12,14-16,27-28H,13H2,1-4H3/t14-,15+,16-/m0/s1. The zero-order valence-corrected chi connectivity index (χ0v) is 20.2. The summed E-state index contributed by atoms with van der Waals surface area (Å²) in [5, 5.41) is 9.37. The van der Waals surface area contributed by atoms with Gasteiger partial charge in [0.25, 0.3) is 0 Å². The summed E-state index contributed by atoms with van der Waals surface area (Å²) in [4.78, 5) is 11.8. The van der Waals surface area contributed by atoms with Crippen LogP contribution in [0.15, 0.2) is 58.7 Å². The molecule has 3 heterocycles. The summed E-state index contributed by atoms with van der Waals surface area (Å²) < 4.78 is 40.9. The molecule has 3 atom stereocenters. The fraction of sp³-hybridized carbons (Fsp3) is 0.333. The number of nitrogens with zero attached hydrogens (tertiary/aromatic N) is 2. The van der Waals surface area contributed by atoms with E-state index in [4.69, 9.17) is 14.2 Å². The molecular formula is C24H27N3O6S. The van der Waals surface area contributed by atoms with E-state index in [1.807, 2.05) is 38.1 Å². The van der Waals surface area contributed by atoms with Gasteiger partial charge in [-0.2, -0.15) is 0 Å². The highest BCUT2D eigenvalue weighted by atomic mass is 32.2. The highest BCUT2D eigenvalue weighted by Crippen LogP contribution is 2.33. The van der Waals surface area contributed by atoms with Crippen LogP contribution in [-0.2, 0) is 14.6 Å². The number of ether oxygens (including phenoxy) is 3. The molecule has 0 aliphatic carbocycles. The minimum Gasteiger partial charge on any atom is -0.488 e. The smallest absolute Gasteiger partial charge is 0.233 e. The molecule has 180 valence electrons. The third-order valence-corrected chi connectivity index (χ3v) is 6.33. The Morgan fingerprint density at radius 1 is 1.09 bits per heavy atom. The van der Waals surface area contributed by atoms with Crippen molar-refractivity contribution in [2.75, 3.05) is 12.9 Å². The van der Waals surface area contributed by atoms with E-state index in [1.54, 1.807) is 13.0 Å². The lowest BCUT2D eigenvalue weighted by Gasteiger charge is -2.15. The summed E-state index contributed by atoms with van der Waals surface area (Å²) in [6.07, 6.45) is 2.05. The maximum Gasteiger partial charge on any atom is 0.233 e. The number of aliphatic imine (C=N–C) groups is 1. The number of nitrogens with one attached hydrogen (secondary N) is 1. The van der Waals surface area contributed by atoms with Gasteiger partial charge in [0.15, 0.2) is 14.9 Å². The fourth-order valence-corrected chi connectivity index (χ4v) is 3.88. The molecule has 0 saturated heterocycles. The van der Waals surface area contributed by atoms with Crippen LogP contribution < -0.4 is 9.47 Å². The summed E-state index contributed by atoms with van der Waals surface area (Å²) in [7, 11) is -3.40. The van der Waals surface area contributed by atoms with Gasteiger partial charge in [0, 0.05) is 23.6 Å². The van der Waals surface area contributed by atoms with Gasteiger partial charge in [-0.15, -0.1) is 0 Å². The number of benzene rings is 1. The summed E-state index contributed by atoms with van der Waals surface area (Å²) >= 11 is 0. The van der Waals surface area contributed by atoms with Crippen molar-refractivity contribution in [2.45, 2.75) is 44.0 Å². The second kappa shape index (κ2) is 9.47. The predicted molar refractivity (Wildman–Crippen MR) is 127 cm³/mol. The fourth-order valence-electron chi connectivity index (χ4n) is 3.32. The Hall–Kier alpha value is -3.37. The second-order valence-electron chi connectivity index (χ2n) is 8.29. The van der Waals surface area contributed by atoms with Gasteiger partial charge in [0.05, 0.1) is 18.8 Å². The van der Waals surface area contributed by atoms with Crippen LogP contribution in [0, 0.1) is 0 Å². The third-order valence-electron chi connectivity index (χ3n) is 5.32. The van der Waals surface area contributed by atoms with Crippen molar-refractivity contribution < 1.29 is 27.7 Å². The average Bonchev–Trinajstić information content (AvgIpc) is 3.40. The lowest BCUT2D eigenvalue weighted by molar-refractivity contribution is 0.129. The number of aromatic nitrogens is 2. The van der Waals surface area contributed by atoms with E-state index in [0.717, 1.165) is 23.2 Å². The lowest BCUT2D eigenvalue weighted by Crippen LogP contribution is -2.16. The number of aliphatic hydroxyl groups excluding tert-OH is 1. The molecule has 9 nitrogen and oxygen atoms in total. The first-order chi connectivity index (χ1) is 16.1. The van der Waals surface area contributed by atoms with E-state index in [2.05, 4.69) is 15.0 Å². The molecule has 0 fully saturated rings. The van der Waals surface area contributed by atoms with Crippen molar-refractivity contribution in [3.05, 3.63) is 54.4 Å². The van der Waals surface area contributed by atoms with Gasteiger partial charge in [-0.1, -0.05) is 0 Å². The van der Waals surface area contributed by atoms with Crippen LogP contribution in [0.1, 0.15) is 26.5 Å². The van der Waals surface area contributed by atoms with Crippen molar-refractivity contribution in [1.29, 1.82) is 0 Å². The Kier molecular flexibility index (Phi) is 6.63. The van der Waals surface area contributed by atoms with Gasteiger partial charge in [-0.05, 0) is 57.2 Å². The highest BCUT2D eigenvalue weighted by molar-refractivity contribution is 7.90. The van der Waals surface area contributed by atoms with E-state index >= 15 is 0 Å². The molecule has 3 aromatic rings. The van der Waals surface area contributed by atoms with Crippen LogP contribution >= 0.6 is 0 Å². The number of hydrogen-bond acceptors (Lipinski definition) is 8. The normalized spacial score (nSPS) is 18.8. The number of H-pyrrole nitrogens is 1. The molecule has 2 N–H and O–H groups in total. The molecule has 0 unspecified atom stereocenters. The number of aromatic amines is 1. The first kappa shape index (κ1) is 23.8. The summed E-state index contributed by atoms with van der Waals surface area (Å²) in [5.74, 6) is 1.90. The number of pyridine rings is 1. The van der Waals surface area contributed by atoms with Gasteiger partial charge < -0.3 is 24.3 Å². The number of aliphatic hydroxyl groups is 1. The molecule has 0 saturated carbocycles. The maximum absolute atomic E-state index is 11.7. The van der Waals surface area contributed by atoms with Crippen LogP contribution in [0.2, 0.25) is 0 Å². The zero-order valence-electron chi connectivity index (χ0n) is 19.3. The lowest BCUT2D eigenvalue weighted by atomic mass is 10.1. The van der Waals surface area contributed by atoms with Crippen molar-refractivity contribution in [3.8, 4) is 28.5 Å². The minimum atomic E-state index is -3.40. The molecule has 1 aromatic carbocycles. The summed E-state index contributed by atoms with van der Waals surface area (Å²) in [6, 6.07) is 12.2. The van der Waals surface area contributed by atoms with Gasteiger partial charge in [-0.25, -0.2) is 18.4 Å². The topological polar surface area (TPSA) is 123 Å². The molecule has 0 amide bonds. The van der Waals surface area contributed by atoms with Crippen LogP contribution in [-0.4, -0.2) is 60.5 Å². The Bertz CT molecular complexity index is 1300. The van der Waals surface area contributed by atoms with Gasteiger partial charge >= 0.3 is 0 Å². The predicted octanol–water partition coefficient (Wildman–Crippen LogP) is 3.59. The number of sulfone groups is 1. The molecule has 2 aromatic heterocycles. The van der Waals surface area contributed by atoms with E-state index in [9.17, 15) is 13.5 Å². The third kappa shape index (κ3) is 5.40. The Balaban J connectivity index is 1.64. The van der Waals surface area contributed by atoms with Crippen molar-refractivity contribution >= 4 is 15.7 Å². The van der Waals surface area contributed by atoms with Crippen LogP contribution in [0.5, 0.6) is 17.2 Å². The average molecular weight is 486 g/mol. The molecule has 10 heteroatoms. The molecule has 4 rings (SSSR count). The SMILES string of the molecule is C[C@@H]1OC(c2ccc(-c3cc(Oc4ccc(S(C)(=O)=O)nc4)cc(O[C@@H](C)CO)c3)[nH]2)=N[C@@H]1C. The zero-order chi connectivity index (χ0) is 24.5. The minimum absolute atomic E-state index is 0.0149. The molecule has 0 radical (unpaired) electrons. The van der Waals surface area contributed by atoms with E-state index in [-0.39, 0.29) is 23.8 Å². The molecule has 34 heavy (non-hydrogen) atoms. The Morgan fingerprint density at radius 2 is 1.82 bits per heavy atom. The van der Waals surface area contributed by atoms with Crippen LogP contribution in [0.4, 0.5) is 0 Å². The van der Waals surface area contributed by atoms with E-state index in [0.29, 0.717) is 23.1 Å². The molecule has 1 aliphatic heterocycles. The second-order valence-corrected chi connectivity index (χ2v) is 10.3. The van der Waals surface area contributed by atoms with Crippen molar-refractivity contribution in [1.82, 2.24) is 9.97 Å². The molecule has 1 aliphatic rings. The van der Waals surface area contributed by atoms with Gasteiger partial charge in [-0.3, -0.25) is 0 Å². The number of rotatable bonds is 8. The molecule has 0 bridgehead atoms. The first-order valence-electron chi connectivity index (χ1n) is 10.8. The van der Waals surface area contributed by atoms with E-state index < -0.39 is 15.9 Å². The molecular weight excluding hydrogens is 458 g/mol. The van der Waals surface area contributed by atoms with Gasteiger partial charge in [0.1, 0.15) is 35.2 Å². The first-order valence-corrected chi connectivity index (χ1v) is 12.7. The van der Waals surface area contributed by atoms with E-state index in [1.165, 1.54) is 18.3 Å².